The van der Waals surface area contributed by atoms with E-state index in [0.29, 0.717) is 0 Å². The topological polar surface area (TPSA) is 156 Å². The second-order valence-corrected chi connectivity index (χ2v) is 5.54. The van der Waals surface area contributed by atoms with Crippen molar-refractivity contribution < 1.29 is 23.1 Å². The molecule has 2 amide bonds. The van der Waals surface area contributed by atoms with Crippen LogP contribution in [0.5, 0.6) is 0 Å². The number of rotatable bonds is 8. The number of aromatic nitrogens is 2. The largest absolute Gasteiger partial charge is 0.481 e. The quantitative estimate of drug-likeness (QED) is 0.419. The normalized spacial score (nSPS) is 11.2. The lowest BCUT2D eigenvalue weighted by atomic mass is 10.4. The number of sulfonamides is 1. The lowest BCUT2D eigenvalue weighted by Gasteiger charge is -2.04. The Kier molecular flexibility index (Phi) is 5.46. The lowest BCUT2D eigenvalue weighted by Crippen LogP contribution is -2.37. The smallest absolute Gasteiger partial charge is 0.312 e. The lowest BCUT2D eigenvalue weighted by molar-refractivity contribution is -0.137. The number of carboxylic acid groups (broad SMARTS) is 1. The molecular formula is C9H15N5O5S. The Morgan fingerprint density at radius 3 is 2.70 bits per heavy atom. The van der Waals surface area contributed by atoms with Gasteiger partial charge in [0.25, 0.3) is 0 Å². The van der Waals surface area contributed by atoms with Crippen LogP contribution >= 0.6 is 0 Å². The van der Waals surface area contributed by atoms with Gasteiger partial charge in [-0.1, -0.05) is 0 Å². The number of aryl methyl sites for hydroxylation is 1. The van der Waals surface area contributed by atoms with Gasteiger partial charge in [-0.3, -0.25) is 9.48 Å². The van der Waals surface area contributed by atoms with E-state index in [9.17, 15) is 18.0 Å². The molecule has 0 atom stereocenters. The fraction of sp³-hybridized carbons (Fsp3) is 0.444. The van der Waals surface area contributed by atoms with Crippen molar-refractivity contribution in [3.63, 3.8) is 0 Å². The van der Waals surface area contributed by atoms with Gasteiger partial charge in [0.1, 0.15) is 4.90 Å². The summed E-state index contributed by atoms with van der Waals surface area (Å²) in [4.78, 5) is 20.7. The van der Waals surface area contributed by atoms with Crippen molar-refractivity contribution in [1.29, 1.82) is 0 Å². The number of hydrogen-bond acceptors (Lipinski definition) is 5. The number of nitrogens with two attached hydrogens (primary N) is 1. The highest BCUT2D eigenvalue weighted by molar-refractivity contribution is 7.89. The molecule has 0 aliphatic carbocycles. The molecule has 0 aliphatic heterocycles. The number of carbonyl (C=O) groups excluding carboxylic acids is 1. The SMILES string of the molecule is NC(=O)NCCNS(=O)(=O)c1cnn(CCC(=O)O)c1. The molecule has 1 aromatic heterocycles. The van der Waals surface area contributed by atoms with Crippen LogP contribution in [0.3, 0.4) is 0 Å². The third kappa shape index (κ3) is 5.24. The number of urea groups is 1. The zero-order valence-corrected chi connectivity index (χ0v) is 11.3. The van der Waals surface area contributed by atoms with E-state index in [4.69, 9.17) is 10.8 Å². The molecule has 1 aromatic rings. The summed E-state index contributed by atoms with van der Waals surface area (Å²) in [6.45, 7) is 0.112. The zero-order valence-electron chi connectivity index (χ0n) is 10.4. The van der Waals surface area contributed by atoms with Crippen LogP contribution in [0.2, 0.25) is 0 Å². The average Bonchev–Trinajstić information content (AvgIpc) is 2.81. The summed E-state index contributed by atoms with van der Waals surface area (Å²) < 4.78 is 27.1. The molecule has 0 spiro atoms. The second-order valence-electron chi connectivity index (χ2n) is 3.77. The van der Waals surface area contributed by atoms with Crippen molar-refractivity contribution in [1.82, 2.24) is 19.8 Å². The number of nitrogens with one attached hydrogen (secondary N) is 2. The molecule has 20 heavy (non-hydrogen) atoms. The number of aliphatic carboxylic acids is 1. The summed E-state index contributed by atoms with van der Waals surface area (Å²) in [6, 6.07) is -0.745. The van der Waals surface area contributed by atoms with E-state index in [0.717, 1.165) is 6.20 Å². The van der Waals surface area contributed by atoms with Crippen LogP contribution in [0.15, 0.2) is 17.3 Å². The van der Waals surface area contributed by atoms with Crippen molar-refractivity contribution in [3.8, 4) is 0 Å². The first-order chi connectivity index (χ1) is 9.31. The summed E-state index contributed by atoms with van der Waals surface area (Å²) in [5.74, 6) is -0.999. The fourth-order valence-electron chi connectivity index (χ4n) is 1.27. The molecule has 1 rings (SSSR count). The van der Waals surface area contributed by atoms with E-state index >= 15 is 0 Å². The molecule has 0 saturated heterocycles. The molecule has 10 nitrogen and oxygen atoms in total. The Hall–Kier alpha value is -2.14. The molecule has 0 unspecified atom stereocenters. The molecule has 0 bridgehead atoms. The number of nitrogens with zero attached hydrogens (tertiary/aromatic N) is 2. The average molecular weight is 305 g/mol. The minimum atomic E-state index is -3.75. The van der Waals surface area contributed by atoms with Crippen molar-refractivity contribution in [2.75, 3.05) is 13.1 Å². The number of hydrogen-bond donors (Lipinski definition) is 4. The maximum Gasteiger partial charge on any atom is 0.312 e. The third-order valence-electron chi connectivity index (χ3n) is 2.19. The standard InChI is InChI=1S/C9H15N5O5S/c10-9(17)11-2-3-13-20(18,19)7-5-12-14(6-7)4-1-8(15)16/h5-6,13H,1-4H2,(H,15,16)(H3,10,11,17). The van der Waals surface area contributed by atoms with Crippen LogP contribution in [-0.4, -0.2) is 48.4 Å². The number of amides is 2. The van der Waals surface area contributed by atoms with Crippen molar-refractivity contribution >= 4 is 22.0 Å². The Bertz CT molecular complexity index is 581. The van der Waals surface area contributed by atoms with E-state index in [1.165, 1.54) is 10.9 Å². The molecule has 0 aliphatic rings. The van der Waals surface area contributed by atoms with Gasteiger partial charge in [0.2, 0.25) is 10.0 Å². The van der Waals surface area contributed by atoms with E-state index in [-0.39, 0.29) is 31.0 Å². The highest BCUT2D eigenvalue weighted by Gasteiger charge is 2.16. The van der Waals surface area contributed by atoms with E-state index in [1.807, 2.05) is 0 Å². The van der Waals surface area contributed by atoms with Crippen LogP contribution in [0.4, 0.5) is 4.79 Å². The molecule has 0 radical (unpaired) electrons. The zero-order chi connectivity index (χ0) is 15.2. The Morgan fingerprint density at radius 2 is 2.10 bits per heavy atom. The van der Waals surface area contributed by atoms with Crippen molar-refractivity contribution in [2.24, 2.45) is 5.73 Å². The van der Waals surface area contributed by atoms with E-state index in [1.54, 1.807) is 0 Å². The van der Waals surface area contributed by atoms with E-state index < -0.39 is 22.0 Å². The van der Waals surface area contributed by atoms with Crippen LogP contribution in [0.25, 0.3) is 0 Å². The van der Waals surface area contributed by atoms with Gasteiger partial charge in [0.05, 0.1) is 19.2 Å². The Labute approximate surface area is 115 Å². The number of carbonyl (C=O) groups is 2. The van der Waals surface area contributed by atoms with Crippen LogP contribution < -0.4 is 15.8 Å². The minimum absolute atomic E-state index is 0.0222. The van der Waals surface area contributed by atoms with Crippen molar-refractivity contribution in [2.45, 2.75) is 17.9 Å². The first kappa shape index (κ1) is 15.9. The summed E-state index contributed by atoms with van der Waals surface area (Å²) in [5.41, 5.74) is 4.83. The first-order valence-electron chi connectivity index (χ1n) is 5.58. The van der Waals surface area contributed by atoms with Gasteiger partial charge in [0.15, 0.2) is 0 Å². The fourth-order valence-corrected chi connectivity index (χ4v) is 2.25. The molecule has 0 aromatic carbocycles. The van der Waals surface area contributed by atoms with Gasteiger partial charge in [-0.25, -0.2) is 17.9 Å². The summed E-state index contributed by atoms with van der Waals surface area (Å²) in [6.07, 6.45) is 2.19. The second kappa shape index (κ2) is 6.86. The maximum absolute atomic E-state index is 11.8. The summed E-state index contributed by atoms with van der Waals surface area (Å²) in [7, 11) is -3.75. The van der Waals surface area contributed by atoms with Gasteiger partial charge < -0.3 is 16.2 Å². The predicted octanol–water partition coefficient (Wildman–Crippen LogP) is -1.70. The summed E-state index contributed by atoms with van der Waals surface area (Å²) in [5, 5.41) is 14.5. The van der Waals surface area contributed by atoms with Crippen LogP contribution in [-0.2, 0) is 21.4 Å². The minimum Gasteiger partial charge on any atom is -0.481 e. The molecule has 0 saturated carbocycles. The Morgan fingerprint density at radius 1 is 1.40 bits per heavy atom. The molecular weight excluding hydrogens is 290 g/mol. The number of carboxylic acids is 1. The number of primary amides is 1. The van der Waals surface area contributed by atoms with Gasteiger partial charge >= 0.3 is 12.0 Å². The molecule has 112 valence electrons. The Balaban J connectivity index is 2.55. The molecule has 5 N–H and O–H groups in total. The van der Waals surface area contributed by atoms with Gasteiger partial charge in [-0.2, -0.15) is 5.10 Å². The van der Waals surface area contributed by atoms with Gasteiger partial charge in [-0.15, -0.1) is 0 Å². The predicted molar refractivity (Wildman–Crippen MR) is 67.3 cm³/mol. The molecule has 1 heterocycles. The third-order valence-corrected chi connectivity index (χ3v) is 3.61. The van der Waals surface area contributed by atoms with Gasteiger partial charge in [0, 0.05) is 19.3 Å². The molecule has 11 heteroatoms. The monoisotopic (exact) mass is 305 g/mol. The van der Waals surface area contributed by atoms with Crippen molar-refractivity contribution in [3.05, 3.63) is 12.4 Å². The highest BCUT2D eigenvalue weighted by atomic mass is 32.2. The first-order valence-corrected chi connectivity index (χ1v) is 7.07. The maximum atomic E-state index is 11.8. The molecule has 0 fully saturated rings. The van der Waals surface area contributed by atoms with Gasteiger partial charge in [-0.05, 0) is 0 Å². The highest BCUT2D eigenvalue weighted by Crippen LogP contribution is 2.06. The summed E-state index contributed by atoms with van der Waals surface area (Å²) >= 11 is 0. The van der Waals surface area contributed by atoms with Crippen LogP contribution in [0.1, 0.15) is 6.42 Å². The van der Waals surface area contributed by atoms with Crippen LogP contribution in [0, 0.1) is 0 Å². The van der Waals surface area contributed by atoms with E-state index in [2.05, 4.69) is 15.1 Å².